The predicted molar refractivity (Wildman–Crippen MR) is 59.7 cm³/mol. The quantitative estimate of drug-likeness (QED) is 0.696. The number of nitrogens with one attached hydrogen (secondary N) is 2. The van der Waals surface area contributed by atoms with Crippen LogP contribution in [0, 0.1) is 0 Å². The molecule has 4 nitrogen and oxygen atoms in total. The van der Waals surface area contributed by atoms with Gasteiger partial charge in [-0.3, -0.25) is 0 Å². The normalized spacial score (nSPS) is 9.20. The number of anilines is 1. The van der Waals surface area contributed by atoms with Crippen molar-refractivity contribution in [2.75, 3.05) is 5.32 Å². The number of phenolic OH excluding ortho intramolecular Hbond substituents is 1. The Bertz CT molecular complexity index is 382. The van der Waals surface area contributed by atoms with Crippen LogP contribution in [-0.2, 0) is 0 Å². The minimum Gasteiger partial charge on any atom is -0.508 e. The third-order valence-electron chi connectivity index (χ3n) is 1.60. The number of carbonyl (C=O) groups is 1. The number of amides is 2. The van der Waals surface area contributed by atoms with Crippen LogP contribution in [0.5, 0.6) is 5.75 Å². The Morgan fingerprint density at radius 2 is 2.13 bits per heavy atom. The molecule has 0 saturated carbocycles. The average Bonchev–Trinajstić information content (AvgIpc) is 2.15. The fourth-order valence-corrected chi connectivity index (χ4v) is 0.961. The third kappa shape index (κ3) is 4.17. The molecule has 0 radical (unpaired) electrons. The molecule has 0 aliphatic heterocycles. The molecular weight excluding hydrogens is 192 g/mol. The smallest absolute Gasteiger partial charge is 0.323 e. The Labute approximate surface area is 88.6 Å². The van der Waals surface area contributed by atoms with Gasteiger partial charge in [0, 0.05) is 18.0 Å². The highest BCUT2D eigenvalue weighted by molar-refractivity contribution is 5.90. The molecule has 0 aliphatic carbocycles. The Morgan fingerprint density at radius 1 is 1.40 bits per heavy atom. The summed E-state index contributed by atoms with van der Waals surface area (Å²) < 4.78 is 0. The lowest BCUT2D eigenvalue weighted by atomic mass is 10.3. The topological polar surface area (TPSA) is 61.4 Å². The summed E-state index contributed by atoms with van der Waals surface area (Å²) in [4.78, 5) is 11.3. The summed E-state index contributed by atoms with van der Waals surface area (Å²) in [5, 5.41) is 14.3. The van der Waals surface area contributed by atoms with Gasteiger partial charge in [0.05, 0.1) is 0 Å². The lowest BCUT2D eigenvalue weighted by Gasteiger charge is -2.04. The van der Waals surface area contributed by atoms with Crippen molar-refractivity contribution >= 4 is 11.7 Å². The van der Waals surface area contributed by atoms with E-state index in [1.165, 1.54) is 6.07 Å². The van der Waals surface area contributed by atoms with E-state index in [2.05, 4.69) is 10.6 Å². The van der Waals surface area contributed by atoms with Crippen molar-refractivity contribution in [3.63, 3.8) is 0 Å². The summed E-state index contributed by atoms with van der Waals surface area (Å²) in [5.74, 6) is 0.120. The minimum atomic E-state index is -0.332. The first-order valence-corrected chi connectivity index (χ1v) is 4.58. The monoisotopic (exact) mass is 206 g/mol. The number of rotatable bonds is 2. The minimum absolute atomic E-state index is 0.120. The van der Waals surface area contributed by atoms with Crippen LogP contribution in [0.2, 0.25) is 0 Å². The van der Waals surface area contributed by atoms with Crippen molar-refractivity contribution < 1.29 is 9.90 Å². The van der Waals surface area contributed by atoms with Gasteiger partial charge in [0.2, 0.25) is 0 Å². The molecule has 0 fully saturated rings. The molecule has 0 unspecified atom stereocenters. The van der Waals surface area contributed by atoms with Crippen LogP contribution in [0.15, 0.2) is 36.0 Å². The Balaban J connectivity index is 2.55. The van der Waals surface area contributed by atoms with Gasteiger partial charge in [0.25, 0.3) is 0 Å². The lowest BCUT2D eigenvalue weighted by molar-refractivity contribution is 0.255. The van der Waals surface area contributed by atoms with Crippen molar-refractivity contribution in [1.29, 1.82) is 0 Å². The van der Waals surface area contributed by atoms with Crippen molar-refractivity contribution in [2.45, 2.75) is 13.8 Å². The molecule has 80 valence electrons. The van der Waals surface area contributed by atoms with Crippen LogP contribution in [0.25, 0.3) is 0 Å². The molecule has 1 aromatic rings. The summed E-state index contributed by atoms with van der Waals surface area (Å²) in [5.41, 5.74) is 1.55. The summed E-state index contributed by atoms with van der Waals surface area (Å²) >= 11 is 0. The number of allylic oxidation sites excluding steroid dienone is 1. The third-order valence-corrected chi connectivity index (χ3v) is 1.60. The SMILES string of the molecule is CC(C)=CNC(=O)Nc1cccc(O)c1. The van der Waals surface area contributed by atoms with Gasteiger partial charge >= 0.3 is 6.03 Å². The van der Waals surface area contributed by atoms with Crippen molar-refractivity contribution in [3.8, 4) is 5.75 Å². The van der Waals surface area contributed by atoms with E-state index in [1.54, 1.807) is 24.4 Å². The molecule has 0 heterocycles. The average molecular weight is 206 g/mol. The summed E-state index contributed by atoms with van der Waals surface area (Å²) in [6, 6.07) is 6.04. The van der Waals surface area contributed by atoms with Crippen molar-refractivity contribution in [3.05, 3.63) is 36.0 Å². The number of aromatic hydroxyl groups is 1. The maximum Gasteiger partial charge on any atom is 0.323 e. The lowest BCUT2D eigenvalue weighted by Crippen LogP contribution is -2.24. The summed E-state index contributed by atoms with van der Waals surface area (Å²) in [7, 11) is 0. The van der Waals surface area contributed by atoms with Gasteiger partial charge in [-0.25, -0.2) is 4.79 Å². The fraction of sp³-hybridized carbons (Fsp3) is 0.182. The maximum atomic E-state index is 11.3. The van der Waals surface area contributed by atoms with E-state index in [9.17, 15) is 4.79 Å². The number of benzene rings is 1. The molecule has 0 aliphatic rings. The molecule has 1 aromatic carbocycles. The second-order valence-electron chi connectivity index (χ2n) is 3.37. The zero-order chi connectivity index (χ0) is 11.3. The zero-order valence-electron chi connectivity index (χ0n) is 8.74. The predicted octanol–water partition coefficient (Wildman–Crippen LogP) is 2.44. The van der Waals surface area contributed by atoms with Gasteiger partial charge in [-0.15, -0.1) is 0 Å². The Kier molecular flexibility index (Phi) is 3.74. The molecular formula is C11H14N2O2. The van der Waals surface area contributed by atoms with Gasteiger partial charge in [-0.1, -0.05) is 11.6 Å². The van der Waals surface area contributed by atoms with Crippen LogP contribution in [0.3, 0.4) is 0 Å². The number of phenols is 1. The molecule has 2 amide bonds. The first-order valence-electron chi connectivity index (χ1n) is 4.58. The fourth-order valence-electron chi connectivity index (χ4n) is 0.961. The summed E-state index contributed by atoms with van der Waals surface area (Å²) in [6.45, 7) is 3.77. The van der Waals surface area contributed by atoms with E-state index in [-0.39, 0.29) is 11.8 Å². The van der Waals surface area contributed by atoms with Crippen molar-refractivity contribution in [2.24, 2.45) is 0 Å². The standard InChI is InChI=1S/C11H14N2O2/c1-8(2)7-12-11(15)13-9-4-3-5-10(14)6-9/h3-7,14H,1-2H3,(H2,12,13,15). The second kappa shape index (κ2) is 5.05. The number of hydrogen-bond acceptors (Lipinski definition) is 2. The molecule has 0 spiro atoms. The van der Waals surface area contributed by atoms with Crippen molar-refractivity contribution in [1.82, 2.24) is 5.32 Å². The second-order valence-corrected chi connectivity index (χ2v) is 3.37. The number of hydrogen-bond donors (Lipinski definition) is 3. The summed E-state index contributed by atoms with van der Waals surface area (Å²) in [6.07, 6.45) is 1.61. The molecule has 1 rings (SSSR count). The highest BCUT2D eigenvalue weighted by Crippen LogP contribution is 2.14. The van der Waals surface area contributed by atoms with E-state index in [0.717, 1.165) is 5.57 Å². The first-order chi connectivity index (χ1) is 7.08. The van der Waals surface area contributed by atoms with Gasteiger partial charge < -0.3 is 15.7 Å². The zero-order valence-corrected chi connectivity index (χ0v) is 8.74. The van der Waals surface area contributed by atoms with E-state index < -0.39 is 0 Å². The maximum absolute atomic E-state index is 11.3. The molecule has 0 saturated heterocycles. The molecule has 4 heteroatoms. The molecule has 0 atom stereocenters. The van der Waals surface area contributed by atoms with E-state index >= 15 is 0 Å². The molecule has 15 heavy (non-hydrogen) atoms. The number of carbonyl (C=O) groups excluding carboxylic acids is 1. The largest absolute Gasteiger partial charge is 0.508 e. The van der Waals surface area contributed by atoms with Crippen LogP contribution in [0.4, 0.5) is 10.5 Å². The van der Waals surface area contributed by atoms with Crippen LogP contribution in [0.1, 0.15) is 13.8 Å². The van der Waals surface area contributed by atoms with E-state index in [0.29, 0.717) is 5.69 Å². The van der Waals surface area contributed by atoms with Crippen LogP contribution in [-0.4, -0.2) is 11.1 Å². The highest BCUT2D eigenvalue weighted by Gasteiger charge is 1.99. The van der Waals surface area contributed by atoms with Gasteiger partial charge in [-0.2, -0.15) is 0 Å². The highest BCUT2D eigenvalue weighted by atomic mass is 16.3. The first kappa shape index (κ1) is 11.1. The Hall–Kier alpha value is -1.97. The Morgan fingerprint density at radius 3 is 2.73 bits per heavy atom. The van der Waals surface area contributed by atoms with E-state index in [1.807, 2.05) is 13.8 Å². The number of urea groups is 1. The van der Waals surface area contributed by atoms with Crippen LogP contribution < -0.4 is 10.6 Å². The van der Waals surface area contributed by atoms with Gasteiger partial charge in [0.15, 0.2) is 0 Å². The van der Waals surface area contributed by atoms with Crippen LogP contribution >= 0.6 is 0 Å². The van der Waals surface area contributed by atoms with Gasteiger partial charge in [0.1, 0.15) is 5.75 Å². The molecule has 3 N–H and O–H groups in total. The molecule has 0 aromatic heterocycles. The van der Waals surface area contributed by atoms with E-state index in [4.69, 9.17) is 5.11 Å². The van der Waals surface area contributed by atoms with Gasteiger partial charge in [-0.05, 0) is 26.0 Å². The molecule has 0 bridgehead atoms.